The van der Waals surface area contributed by atoms with Crippen LogP contribution in [0.15, 0.2) is 36.4 Å². The maximum absolute atomic E-state index is 13.9. The van der Waals surface area contributed by atoms with E-state index >= 15 is 0 Å². The van der Waals surface area contributed by atoms with Gasteiger partial charge in [-0.05, 0) is 61.4 Å². The number of phenolic OH excluding ortho intramolecular Hbond substituents is 1. The zero-order valence-corrected chi connectivity index (χ0v) is 20.2. The summed E-state index contributed by atoms with van der Waals surface area (Å²) in [7, 11) is 0. The molecule has 3 heterocycles. The molecule has 7 heteroatoms. The Morgan fingerprint density at radius 2 is 2.08 bits per heavy atom. The topological polar surface area (TPSA) is 66.7 Å². The molecule has 36 heavy (non-hydrogen) atoms. The highest BCUT2D eigenvalue weighted by Crippen LogP contribution is 2.69. The number of amides is 1. The SMILES string of the molecule is O=CN[C@@]12Cc3c(n(CCF)c4ccccc34)[C@@H]3Oc4c(O)ccc5c4[C@]31CCN(CC1CC1)[C@@H]2C5. The number of aromatic hydroxyl groups is 1. The summed E-state index contributed by atoms with van der Waals surface area (Å²) in [5.41, 5.74) is 4.33. The molecule has 1 saturated carbocycles. The fourth-order valence-electron chi connectivity index (χ4n) is 8.55. The molecule has 1 amide bonds. The zero-order chi connectivity index (χ0) is 24.2. The van der Waals surface area contributed by atoms with Gasteiger partial charge in [0.25, 0.3) is 0 Å². The number of carbonyl (C=O) groups excluding carboxylic acids is 1. The number of hydrogen-bond acceptors (Lipinski definition) is 4. The number of aryl methyl sites for hydroxylation is 1. The lowest BCUT2D eigenvalue weighted by Gasteiger charge is -2.65. The standard InChI is InChI=1S/C29H30FN3O3/c30-10-12-33-21-4-2-1-3-19(21)20-14-29(31-16-34)23-13-18-7-8-22(35)26-24(18)28(29,27(36-26)25(20)33)9-11-32(23)15-17-5-6-17/h1-4,7-8,16-17,23,27,35H,5-6,9-15H2,(H,31,34)/t23-,27+,28-,29-/m1/s1. The van der Waals surface area contributed by atoms with Crippen molar-refractivity contribution >= 4 is 17.3 Å². The predicted octanol–water partition coefficient (Wildman–Crippen LogP) is 3.77. The van der Waals surface area contributed by atoms with E-state index < -0.39 is 23.7 Å². The minimum Gasteiger partial charge on any atom is -0.504 e. The third-order valence-electron chi connectivity index (χ3n) is 10.0. The first-order valence-corrected chi connectivity index (χ1v) is 13.3. The van der Waals surface area contributed by atoms with E-state index in [0.717, 1.165) is 66.0 Å². The van der Waals surface area contributed by atoms with Crippen molar-refractivity contribution in [3.63, 3.8) is 0 Å². The Morgan fingerprint density at radius 1 is 1.22 bits per heavy atom. The average Bonchev–Trinajstić information content (AvgIpc) is 3.56. The summed E-state index contributed by atoms with van der Waals surface area (Å²) < 4.78 is 22.8. The number of fused-ring (bicyclic) bond motifs is 4. The van der Waals surface area contributed by atoms with Crippen LogP contribution in [0, 0.1) is 5.92 Å². The lowest BCUT2D eigenvalue weighted by atomic mass is 9.47. The van der Waals surface area contributed by atoms with Crippen LogP contribution in [0.2, 0.25) is 0 Å². The van der Waals surface area contributed by atoms with Gasteiger partial charge in [0.05, 0.1) is 23.2 Å². The van der Waals surface area contributed by atoms with Gasteiger partial charge in [0.15, 0.2) is 17.6 Å². The Kier molecular flexibility index (Phi) is 4.11. The van der Waals surface area contributed by atoms with Gasteiger partial charge in [-0.3, -0.25) is 9.69 Å². The first-order valence-electron chi connectivity index (χ1n) is 13.3. The van der Waals surface area contributed by atoms with Gasteiger partial charge in [0, 0.05) is 35.5 Å². The van der Waals surface area contributed by atoms with Crippen molar-refractivity contribution in [2.24, 2.45) is 5.92 Å². The van der Waals surface area contributed by atoms with E-state index in [4.69, 9.17) is 4.74 Å². The molecule has 2 aromatic carbocycles. The highest BCUT2D eigenvalue weighted by atomic mass is 19.1. The van der Waals surface area contributed by atoms with Crippen molar-refractivity contribution in [2.45, 2.75) is 61.7 Å². The van der Waals surface area contributed by atoms with Crippen LogP contribution in [0.4, 0.5) is 4.39 Å². The third kappa shape index (κ3) is 2.34. The van der Waals surface area contributed by atoms with Crippen LogP contribution >= 0.6 is 0 Å². The Hall–Kier alpha value is -3.06. The normalized spacial score (nSPS) is 31.6. The molecule has 5 aliphatic rings. The minimum absolute atomic E-state index is 0.127. The first-order chi connectivity index (χ1) is 17.6. The van der Waals surface area contributed by atoms with Crippen molar-refractivity contribution in [3.8, 4) is 11.5 Å². The second-order valence-corrected chi connectivity index (χ2v) is 11.5. The largest absolute Gasteiger partial charge is 0.504 e. The van der Waals surface area contributed by atoms with Gasteiger partial charge < -0.3 is 19.7 Å². The fourth-order valence-corrected chi connectivity index (χ4v) is 8.55. The summed E-state index contributed by atoms with van der Waals surface area (Å²) in [6, 6.07) is 12.1. The van der Waals surface area contributed by atoms with Crippen LogP contribution in [-0.2, 0) is 29.6 Å². The van der Waals surface area contributed by atoms with E-state index in [-0.39, 0.29) is 18.3 Å². The number of phenols is 1. The monoisotopic (exact) mass is 487 g/mol. The number of likely N-dealkylation sites (tertiary alicyclic amines) is 1. The van der Waals surface area contributed by atoms with Crippen LogP contribution in [0.1, 0.15) is 47.8 Å². The lowest BCUT2D eigenvalue weighted by Crippen LogP contribution is -2.79. The summed E-state index contributed by atoms with van der Waals surface area (Å²) in [6.45, 7) is 1.78. The lowest BCUT2D eigenvalue weighted by molar-refractivity contribution is -0.121. The van der Waals surface area contributed by atoms with Crippen molar-refractivity contribution < 1.29 is 19.0 Å². The molecular weight excluding hydrogens is 457 g/mol. The molecule has 4 atom stereocenters. The van der Waals surface area contributed by atoms with Crippen LogP contribution in [0.3, 0.4) is 0 Å². The molecule has 1 spiro atoms. The van der Waals surface area contributed by atoms with Crippen LogP contribution in [-0.4, -0.2) is 52.3 Å². The molecule has 6 nitrogen and oxygen atoms in total. The smallest absolute Gasteiger partial charge is 0.207 e. The molecule has 3 aromatic rings. The second kappa shape index (κ2) is 7.03. The number of ether oxygens (including phenoxy) is 1. The predicted molar refractivity (Wildman–Crippen MR) is 133 cm³/mol. The number of piperidine rings is 1. The second-order valence-electron chi connectivity index (χ2n) is 11.5. The summed E-state index contributed by atoms with van der Waals surface area (Å²) >= 11 is 0. The molecule has 2 N–H and O–H groups in total. The van der Waals surface area contributed by atoms with Gasteiger partial charge in [-0.15, -0.1) is 0 Å². The van der Waals surface area contributed by atoms with Crippen molar-refractivity contribution in [3.05, 3.63) is 58.8 Å². The van der Waals surface area contributed by atoms with E-state index in [1.165, 1.54) is 18.4 Å². The number of hydrogen-bond donors (Lipinski definition) is 2. The minimum atomic E-state index is -0.573. The van der Waals surface area contributed by atoms with E-state index in [1.54, 1.807) is 6.07 Å². The maximum atomic E-state index is 13.9. The first kappa shape index (κ1) is 21.1. The molecule has 1 saturated heterocycles. The van der Waals surface area contributed by atoms with Gasteiger partial charge >= 0.3 is 0 Å². The van der Waals surface area contributed by atoms with Gasteiger partial charge in [-0.25, -0.2) is 4.39 Å². The molecular formula is C29H30FN3O3. The Bertz CT molecular complexity index is 1430. The number of para-hydroxylation sites is 1. The van der Waals surface area contributed by atoms with E-state index in [9.17, 15) is 14.3 Å². The molecule has 2 aliphatic heterocycles. The molecule has 186 valence electrons. The number of carbonyl (C=O) groups is 1. The van der Waals surface area contributed by atoms with Gasteiger partial charge in [-0.2, -0.15) is 0 Å². The Morgan fingerprint density at radius 3 is 2.89 bits per heavy atom. The molecule has 0 unspecified atom stereocenters. The van der Waals surface area contributed by atoms with E-state index in [2.05, 4.69) is 26.9 Å². The fraction of sp³-hybridized carbons (Fsp3) is 0.483. The number of rotatable bonds is 6. The zero-order valence-electron chi connectivity index (χ0n) is 20.2. The number of nitrogens with one attached hydrogen (secondary N) is 1. The number of halogens is 1. The summed E-state index contributed by atoms with van der Waals surface area (Å²) in [4.78, 5) is 15.0. The Balaban J connectivity index is 1.46. The third-order valence-corrected chi connectivity index (χ3v) is 10.0. The number of benzene rings is 2. The molecule has 8 rings (SSSR count). The van der Waals surface area contributed by atoms with Crippen LogP contribution < -0.4 is 10.1 Å². The van der Waals surface area contributed by atoms with Gasteiger partial charge in [-0.1, -0.05) is 24.3 Å². The number of aromatic nitrogens is 1. The van der Waals surface area contributed by atoms with Crippen LogP contribution in [0.25, 0.3) is 10.9 Å². The number of nitrogens with zero attached hydrogens (tertiary/aromatic N) is 2. The van der Waals surface area contributed by atoms with Gasteiger partial charge in [0.1, 0.15) is 6.67 Å². The molecule has 0 radical (unpaired) electrons. The van der Waals surface area contributed by atoms with Crippen molar-refractivity contribution in [1.29, 1.82) is 0 Å². The van der Waals surface area contributed by atoms with Gasteiger partial charge in [0.2, 0.25) is 6.41 Å². The Labute approximate surface area is 209 Å². The molecule has 1 aromatic heterocycles. The summed E-state index contributed by atoms with van der Waals surface area (Å²) in [6.07, 6.45) is 5.34. The van der Waals surface area contributed by atoms with E-state index in [1.807, 2.05) is 18.2 Å². The quantitative estimate of drug-likeness (QED) is 0.520. The van der Waals surface area contributed by atoms with Crippen molar-refractivity contribution in [2.75, 3.05) is 19.8 Å². The highest BCUT2D eigenvalue weighted by molar-refractivity contribution is 5.87. The highest BCUT2D eigenvalue weighted by Gasteiger charge is 2.73. The average molecular weight is 488 g/mol. The summed E-state index contributed by atoms with van der Waals surface area (Å²) in [5.74, 6) is 1.44. The van der Waals surface area contributed by atoms with Crippen LogP contribution in [0.5, 0.6) is 11.5 Å². The molecule has 3 aliphatic carbocycles. The number of alkyl halides is 1. The molecule has 2 fully saturated rings. The van der Waals surface area contributed by atoms with Crippen molar-refractivity contribution in [1.82, 2.24) is 14.8 Å². The maximum Gasteiger partial charge on any atom is 0.207 e. The summed E-state index contributed by atoms with van der Waals surface area (Å²) in [5, 5.41) is 15.5. The van der Waals surface area contributed by atoms with E-state index in [0.29, 0.717) is 12.2 Å². The molecule has 2 bridgehead atoms.